The van der Waals surface area contributed by atoms with Crippen LogP contribution in [-0.4, -0.2) is 47.2 Å². The summed E-state index contributed by atoms with van der Waals surface area (Å²) in [7, 11) is 0. The normalized spacial score (nSPS) is 29.6. The highest BCUT2D eigenvalue weighted by Gasteiger charge is 2.59. The summed E-state index contributed by atoms with van der Waals surface area (Å²) in [5.74, 6) is 0.126. The molecule has 0 radical (unpaired) electrons. The van der Waals surface area contributed by atoms with Gasteiger partial charge in [-0.05, 0) is 31.1 Å². The lowest BCUT2D eigenvalue weighted by Gasteiger charge is -2.24. The van der Waals surface area contributed by atoms with E-state index in [-0.39, 0.29) is 54.4 Å². The van der Waals surface area contributed by atoms with Crippen molar-refractivity contribution < 1.29 is 14.4 Å². The van der Waals surface area contributed by atoms with Crippen LogP contribution in [0.5, 0.6) is 0 Å². The molecule has 5 nitrogen and oxygen atoms in total. The number of likely N-dealkylation sites (tertiary alicyclic amines) is 1. The number of nitrogens with zero attached hydrogens (tertiary/aromatic N) is 2. The van der Waals surface area contributed by atoms with Crippen molar-refractivity contribution in [3.63, 3.8) is 0 Å². The van der Waals surface area contributed by atoms with Crippen LogP contribution in [0, 0.1) is 23.7 Å². The van der Waals surface area contributed by atoms with Crippen LogP contribution in [0.1, 0.15) is 52.4 Å². The summed E-state index contributed by atoms with van der Waals surface area (Å²) in [4.78, 5) is 41.2. The summed E-state index contributed by atoms with van der Waals surface area (Å²) in [5.41, 5.74) is 0. The van der Waals surface area contributed by atoms with Crippen LogP contribution in [-0.2, 0) is 14.4 Å². The van der Waals surface area contributed by atoms with Crippen molar-refractivity contribution in [2.24, 2.45) is 23.7 Å². The first-order chi connectivity index (χ1) is 12.1. The summed E-state index contributed by atoms with van der Waals surface area (Å²) in [5, 5.41) is 0. The Morgan fingerprint density at radius 3 is 2.04 bits per heavy atom. The lowest BCUT2D eigenvalue weighted by atomic mass is 9.85. The highest BCUT2D eigenvalue weighted by molar-refractivity contribution is 6.06. The molecule has 2 bridgehead atoms. The third-order valence-electron chi connectivity index (χ3n) is 6.03. The first-order valence-corrected chi connectivity index (χ1v) is 9.89. The Kier molecular flexibility index (Phi) is 5.60. The Hall–Kier alpha value is -1.65. The summed E-state index contributed by atoms with van der Waals surface area (Å²) in [6.45, 7) is 6.03. The lowest BCUT2D eigenvalue weighted by molar-refractivity contribution is -0.141. The van der Waals surface area contributed by atoms with E-state index >= 15 is 0 Å². The van der Waals surface area contributed by atoms with E-state index in [9.17, 15) is 14.4 Å². The molecule has 0 spiro atoms. The zero-order valence-electron chi connectivity index (χ0n) is 15.4. The van der Waals surface area contributed by atoms with Gasteiger partial charge in [0.2, 0.25) is 17.7 Å². The summed E-state index contributed by atoms with van der Waals surface area (Å²) in [6, 6.07) is 0. The second-order valence-corrected chi connectivity index (χ2v) is 7.67. The van der Waals surface area contributed by atoms with E-state index < -0.39 is 0 Å². The first kappa shape index (κ1) is 18.2. The molecule has 3 amide bonds. The number of allylic oxidation sites excluding steroid dienone is 2. The Bertz CT molecular complexity index is 533. The van der Waals surface area contributed by atoms with Crippen LogP contribution in [0.3, 0.4) is 0 Å². The van der Waals surface area contributed by atoms with E-state index in [1.54, 1.807) is 0 Å². The van der Waals surface area contributed by atoms with E-state index in [1.807, 2.05) is 4.90 Å². The van der Waals surface area contributed by atoms with Crippen molar-refractivity contribution >= 4 is 17.7 Å². The first-order valence-electron chi connectivity index (χ1n) is 9.89. The van der Waals surface area contributed by atoms with E-state index in [0.29, 0.717) is 0 Å². The van der Waals surface area contributed by atoms with Gasteiger partial charge in [-0.1, -0.05) is 38.8 Å². The largest absolute Gasteiger partial charge is 0.343 e. The minimum atomic E-state index is -0.158. The van der Waals surface area contributed by atoms with Gasteiger partial charge in [-0.2, -0.15) is 0 Å². The van der Waals surface area contributed by atoms with E-state index in [4.69, 9.17) is 0 Å². The number of unbranched alkanes of at least 4 members (excludes halogenated alkanes) is 2. The summed E-state index contributed by atoms with van der Waals surface area (Å²) in [6.07, 6.45) is 9.50. The van der Waals surface area contributed by atoms with Crippen LogP contribution in [0.15, 0.2) is 12.2 Å². The van der Waals surface area contributed by atoms with Gasteiger partial charge in [-0.15, -0.1) is 0 Å². The van der Waals surface area contributed by atoms with Gasteiger partial charge < -0.3 is 4.90 Å². The van der Waals surface area contributed by atoms with Crippen LogP contribution >= 0.6 is 0 Å². The van der Waals surface area contributed by atoms with Gasteiger partial charge in [-0.3, -0.25) is 19.3 Å². The number of rotatable bonds is 9. The molecule has 0 aromatic carbocycles. The molecule has 1 saturated carbocycles. The topological polar surface area (TPSA) is 57.7 Å². The second kappa shape index (κ2) is 7.71. The monoisotopic (exact) mass is 346 g/mol. The molecular formula is C20H30N2O3. The smallest absolute Gasteiger partial charge is 0.233 e. The second-order valence-electron chi connectivity index (χ2n) is 7.67. The summed E-state index contributed by atoms with van der Waals surface area (Å²) < 4.78 is 0. The maximum absolute atomic E-state index is 12.7. The molecule has 0 unspecified atom stereocenters. The molecule has 3 aliphatic rings. The van der Waals surface area contributed by atoms with Gasteiger partial charge in [0, 0.05) is 26.1 Å². The Morgan fingerprint density at radius 1 is 1.04 bits per heavy atom. The van der Waals surface area contributed by atoms with E-state index in [1.165, 1.54) is 4.90 Å². The number of carbonyl (C=O) groups excluding carboxylic acids is 3. The average molecular weight is 346 g/mol. The predicted molar refractivity (Wildman–Crippen MR) is 95.5 cm³/mol. The van der Waals surface area contributed by atoms with Crippen molar-refractivity contribution in [3.05, 3.63) is 12.2 Å². The van der Waals surface area contributed by atoms with Crippen LogP contribution in [0.25, 0.3) is 0 Å². The van der Waals surface area contributed by atoms with Gasteiger partial charge in [0.25, 0.3) is 0 Å². The number of carbonyl (C=O) groups is 3. The number of imide groups is 1. The van der Waals surface area contributed by atoms with Gasteiger partial charge >= 0.3 is 0 Å². The molecule has 1 saturated heterocycles. The van der Waals surface area contributed by atoms with E-state index in [0.717, 1.165) is 45.2 Å². The Morgan fingerprint density at radius 2 is 1.56 bits per heavy atom. The van der Waals surface area contributed by atoms with Crippen molar-refractivity contribution in [2.45, 2.75) is 52.4 Å². The van der Waals surface area contributed by atoms with Crippen molar-refractivity contribution in [1.29, 1.82) is 0 Å². The van der Waals surface area contributed by atoms with Crippen LogP contribution in [0.2, 0.25) is 0 Å². The molecule has 3 rings (SSSR count). The van der Waals surface area contributed by atoms with Gasteiger partial charge in [0.15, 0.2) is 0 Å². The zero-order valence-corrected chi connectivity index (χ0v) is 15.4. The van der Waals surface area contributed by atoms with E-state index in [2.05, 4.69) is 26.0 Å². The Labute approximate surface area is 150 Å². The molecule has 5 heteroatoms. The van der Waals surface area contributed by atoms with Crippen molar-refractivity contribution in [2.75, 3.05) is 19.6 Å². The number of hydrogen-bond donors (Lipinski definition) is 0. The molecule has 4 atom stereocenters. The molecule has 2 aliphatic carbocycles. The fraction of sp³-hybridized carbons (Fsp3) is 0.750. The molecule has 2 fully saturated rings. The highest BCUT2D eigenvalue weighted by Crippen LogP contribution is 2.52. The minimum Gasteiger partial charge on any atom is -0.343 e. The number of fused-ring (bicyclic) bond motifs is 5. The molecule has 1 aliphatic heterocycles. The summed E-state index contributed by atoms with van der Waals surface area (Å²) >= 11 is 0. The highest BCUT2D eigenvalue weighted by atomic mass is 16.2. The zero-order chi connectivity index (χ0) is 18.0. The quantitative estimate of drug-likeness (QED) is 0.476. The Balaban J connectivity index is 1.56. The minimum absolute atomic E-state index is 0.0479. The average Bonchev–Trinajstić information content (AvgIpc) is 3.28. The fourth-order valence-corrected chi connectivity index (χ4v) is 4.61. The lowest BCUT2D eigenvalue weighted by Crippen LogP contribution is -2.39. The molecule has 1 heterocycles. The molecule has 0 aromatic heterocycles. The maximum Gasteiger partial charge on any atom is 0.233 e. The molecule has 0 aromatic rings. The van der Waals surface area contributed by atoms with Crippen molar-refractivity contribution in [1.82, 2.24) is 9.80 Å². The maximum atomic E-state index is 12.7. The third-order valence-corrected chi connectivity index (χ3v) is 6.03. The fourth-order valence-electron chi connectivity index (χ4n) is 4.61. The standard InChI is InChI=1S/C20H30N2O3/c1-3-5-10-21(11-6-4-2)16(23)9-12-22-19(24)17-14-7-8-15(13-14)18(17)20(22)25/h7-8,14-15,17-18H,3-6,9-13H2,1-2H3/t14-,15-,17-,18+/m0/s1. The molecule has 0 N–H and O–H groups in total. The molecule has 138 valence electrons. The van der Waals surface area contributed by atoms with Gasteiger partial charge in [0.1, 0.15) is 0 Å². The number of amides is 3. The van der Waals surface area contributed by atoms with Crippen LogP contribution < -0.4 is 0 Å². The van der Waals surface area contributed by atoms with Gasteiger partial charge in [-0.25, -0.2) is 0 Å². The van der Waals surface area contributed by atoms with Crippen LogP contribution in [0.4, 0.5) is 0 Å². The SMILES string of the molecule is CCCCN(CCCC)C(=O)CCN1C(=O)[C@@H]2[C@H](C1=O)[C@H]1C=C[C@H]2C1. The number of hydrogen-bond acceptors (Lipinski definition) is 3. The molecule has 25 heavy (non-hydrogen) atoms. The third kappa shape index (κ3) is 3.38. The van der Waals surface area contributed by atoms with Crippen molar-refractivity contribution in [3.8, 4) is 0 Å². The predicted octanol–water partition coefficient (Wildman–Crippen LogP) is 2.61. The molecular weight excluding hydrogens is 316 g/mol. The van der Waals surface area contributed by atoms with Gasteiger partial charge in [0.05, 0.1) is 11.8 Å².